The van der Waals surface area contributed by atoms with Gasteiger partial charge in [-0.1, -0.05) is 17.7 Å². The molecule has 0 saturated carbocycles. The van der Waals surface area contributed by atoms with Crippen molar-refractivity contribution in [2.75, 3.05) is 14.1 Å². The molecule has 0 radical (unpaired) electrons. The smallest absolute Gasteiger partial charge is 0.271 e. The van der Waals surface area contributed by atoms with Gasteiger partial charge < -0.3 is 4.90 Å². The SMILES string of the molecule is Cc1nn(C(C)C)c(-c2cccc(C(=O)N(C)C)n2)c1Cl. The van der Waals surface area contributed by atoms with Gasteiger partial charge in [0.15, 0.2) is 0 Å². The Balaban J connectivity index is 2.58. The first-order chi connectivity index (χ1) is 9.82. The molecule has 0 atom stereocenters. The molecule has 2 rings (SSSR count). The number of amides is 1. The molecule has 0 fully saturated rings. The second kappa shape index (κ2) is 5.85. The number of aryl methyl sites for hydroxylation is 1. The molecule has 0 aromatic carbocycles. The largest absolute Gasteiger partial charge is 0.343 e. The average molecular weight is 307 g/mol. The van der Waals surface area contributed by atoms with Gasteiger partial charge in [0.25, 0.3) is 5.91 Å². The van der Waals surface area contributed by atoms with Gasteiger partial charge in [0.05, 0.1) is 16.4 Å². The van der Waals surface area contributed by atoms with Crippen molar-refractivity contribution in [3.63, 3.8) is 0 Å². The summed E-state index contributed by atoms with van der Waals surface area (Å²) >= 11 is 6.37. The first-order valence-corrected chi connectivity index (χ1v) is 7.14. The zero-order valence-electron chi connectivity index (χ0n) is 12.9. The number of carbonyl (C=O) groups is 1. The lowest BCUT2D eigenvalue weighted by Gasteiger charge is -2.13. The van der Waals surface area contributed by atoms with Crippen LogP contribution in [0, 0.1) is 6.92 Å². The Morgan fingerprint density at radius 3 is 2.57 bits per heavy atom. The normalized spacial score (nSPS) is 11.0. The molecule has 112 valence electrons. The number of halogens is 1. The van der Waals surface area contributed by atoms with E-state index in [1.54, 1.807) is 20.2 Å². The van der Waals surface area contributed by atoms with Crippen molar-refractivity contribution >= 4 is 17.5 Å². The number of carbonyl (C=O) groups excluding carboxylic acids is 1. The topological polar surface area (TPSA) is 51.0 Å². The summed E-state index contributed by atoms with van der Waals surface area (Å²) in [6.45, 7) is 5.92. The Morgan fingerprint density at radius 2 is 2.00 bits per heavy atom. The van der Waals surface area contributed by atoms with Crippen molar-refractivity contribution in [1.29, 1.82) is 0 Å². The highest BCUT2D eigenvalue weighted by molar-refractivity contribution is 6.33. The molecule has 0 spiro atoms. The predicted molar refractivity (Wildman–Crippen MR) is 83.6 cm³/mol. The molecule has 0 aliphatic carbocycles. The Kier molecular flexibility index (Phi) is 4.32. The van der Waals surface area contributed by atoms with E-state index < -0.39 is 0 Å². The van der Waals surface area contributed by atoms with Crippen LogP contribution >= 0.6 is 11.6 Å². The summed E-state index contributed by atoms with van der Waals surface area (Å²) in [6.07, 6.45) is 0. The highest BCUT2D eigenvalue weighted by Gasteiger charge is 2.19. The van der Waals surface area contributed by atoms with E-state index in [9.17, 15) is 4.79 Å². The highest BCUT2D eigenvalue weighted by Crippen LogP contribution is 2.31. The van der Waals surface area contributed by atoms with Crippen LogP contribution in [0.4, 0.5) is 0 Å². The lowest BCUT2D eigenvalue weighted by Crippen LogP contribution is -2.22. The van der Waals surface area contributed by atoms with Crippen LogP contribution in [-0.4, -0.2) is 39.7 Å². The maximum absolute atomic E-state index is 12.0. The van der Waals surface area contributed by atoms with E-state index in [0.717, 1.165) is 11.4 Å². The molecular formula is C15H19ClN4O. The molecule has 2 heterocycles. The zero-order chi connectivity index (χ0) is 15.7. The summed E-state index contributed by atoms with van der Waals surface area (Å²) < 4.78 is 1.84. The summed E-state index contributed by atoms with van der Waals surface area (Å²) in [4.78, 5) is 18.0. The molecule has 0 N–H and O–H groups in total. The molecule has 21 heavy (non-hydrogen) atoms. The van der Waals surface area contributed by atoms with Crippen LogP contribution in [0.2, 0.25) is 5.02 Å². The van der Waals surface area contributed by atoms with Crippen LogP contribution in [0.3, 0.4) is 0 Å². The Hall–Kier alpha value is -1.88. The van der Waals surface area contributed by atoms with E-state index in [-0.39, 0.29) is 11.9 Å². The second-order valence-electron chi connectivity index (χ2n) is 5.39. The average Bonchev–Trinajstić information content (AvgIpc) is 2.74. The van der Waals surface area contributed by atoms with E-state index in [0.29, 0.717) is 16.4 Å². The maximum Gasteiger partial charge on any atom is 0.271 e. The van der Waals surface area contributed by atoms with Gasteiger partial charge in [-0.2, -0.15) is 5.10 Å². The van der Waals surface area contributed by atoms with Gasteiger partial charge in [0.2, 0.25) is 0 Å². The van der Waals surface area contributed by atoms with E-state index in [1.807, 2.05) is 37.6 Å². The van der Waals surface area contributed by atoms with Gasteiger partial charge in [-0.25, -0.2) is 4.98 Å². The number of pyridine rings is 1. The fraction of sp³-hybridized carbons (Fsp3) is 0.400. The standard InChI is InChI=1S/C15H19ClN4O/c1-9(2)20-14(13(16)10(3)18-20)11-7-6-8-12(17-11)15(21)19(4)5/h6-9H,1-5H3. The summed E-state index contributed by atoms with van der Waals surface area (Å²) in [7, 11) is 3.40. The molecule has 0 aliphatic heterocycles. The molecule has 0 aliphatic rings. The minimum atomic E-state index is -0.139. The monoisotopic (exact) mass is 306 g/mol. The Morgan fingerprint density at radius 1 is 1.33 bits per heavy atom. The van der Waals surface area contributed by atoms with Crippen LogP contribution in [0.5, 0.6) is 0 Å². The van der Waals surface area contributed by atoms with E-state index >= 15 is 0 Å². The summed E-state index contributed by atoms with van der Waals surface area (Å²) in [5, 5.41) is 5.02. The van der Waals surface area contributed by atoms with Crippen molar-refractivity contribution in [2.24, 2.45) is 0 Å². The van der Waals surface area contributed by atoms with Crippen molar-refractivity contribution in [1.82, 2.24) is 19.7 Å². The molecule has 2 aromatic rings. The molecule has 0 saturated heterocycles. The van der Waals surface area contributed by atoms with E-state index in [1.165, 1.54) is 4.90 Å². The lowest BCUT2D eigenvalue weighted by atomic mass is 10.2. The van der Waals surface area contributed by atoms with Crippen molar-refractivity contribution < 1.29 is 4.79 Å². The van der Waals surface area contributed by atoms with Crippen LogP contribution in [0.1, 0.15) is 36.1 Å². The molecule has 0 bridgehead atoms. The molecule has 1 amide bonds. The number of hydrogen-bond donors (Lipinski definition) is 0. The first kappa shape index (κ1) is 15.5. The maximum atomic E-state index is 12.0. The first-order valence-electron chi connectivity index (χ1n) is 6.76. The molecule has 6 heteroatoms. The van der Waals surface area contributed by atoms with Crippen LogP contribution in [0.25, 0.3) is 11.4 Å². The van der Waals surface area contributed by atoms with Crippen molar-refractivity contribution in [2.45, 2.75) is 26.8 Å². The number of hydrogen-bond acceptors (Lipinski definition) is 3. The summed E-state index contributed by atoms with van der Waals surface area (Å²) in [5.41, 5.74) is 2.55. The van der Waals surface area contributed by atoms with Crippen molar-refractivity contribution in [3.05, 3.63) is 34.6 Å². The number of aromatic nitrogens is 3. The third-order valence-electron chi connectivity index (χ3n) is 3.12. The second-order valence-corrected chi connectivity index (χ2v) is 5.77. The van der Waals surface area contributed by atoms with E-state index in [2.05, 4.69) is 10.1 Å². The highest BCUT2D eigenvalue weighted by atomic mass is 35.5. The van der Waals surface area contributed by atoms with Crippen LogP contribution in [-0.2, 0) is 0 Å². The zero-order valence-corrected chi connectivity index (χ0v) is 13.6. The van der Waals surface area contributed by atoms with Crippen molar-refractivity contribution in [3.8, 4) is 11.4 Å². The number of nitrogens with zero attached hydrogens (tertiary/aromatic N) is 4. The summed E-state index contributed by atoms with van der Waals surface area (Å²) in [6, 6.07) is 5.50. The third kappa shape index (κ3) is 2.93. The van der Waals surface area contributed by atoms with Gasteiger partial charge in [-0.15, -0.1) is 0 Å². The van der Waals surface area contributed by atoms with Gasteiger partial charge in [-0.3, -0.25) is 9.48 Å². The Labute approximate surface area is 129 Å². The minimum absolute atomic E-state index is 0.139. The number of rotatable bonds is 3. The quantitative estimate of drug-likeness (QED) is 0.875. The fourth-order valence-electron chi connectivity index (χ4n) is 2.05. The summed E-state index contributed by atoms with van der Waals surface area (Å²) in [5.74, 6) is -0.139. The van der Waals surface area contributed by atoms with Gasteiger partial charge in [0, 0.05) is 20.1 Å². The van der Waals surface area contributed by atoms with Gasteiger partial charge in [-0.05, 0) is 32.9 Å². The van der Waals surface area contributed by atoms with Crippen LogP contribution in [0.15, 0.2) is 18.2 Å². The fourth-order valence-corrected chi connectivity index (χ4v) is 2.27. The van der Waals surface area contributed by atoms with Gasteiger partial charge >= 0.3 is 0 Å². The third-order valence-corrected chi connectivity index (χ3v) is 3.57. The molecule has 0 unspecified atom stereocenters. The van der Waals surface area contributed by atoms with Crippen LogP contribution < -0.4 is 0 Å². The Bertz CT molecular complexity index is 676. The predicted octanol–water partition coefficient (Wildman–Crippen LogP) is 3.19. The molecule has 2 aromatic heterocycles. The lowest BCUT2D eigenvalue weighted by molar-refractivity contribution is 0.0822. The van der Waals surface area contributed by atoms with Gasteiger partial charge in [0.1, 0.15) is 11.4 Å². The molecular weight excluding hydrogens is 288 g/mol. The minimum Gasteiger partial charge on any atom is -0.343 e. The molecule has 5 nitrogen and oxygen atoms in total. The van der Waals surface area contributed by atoms with E-state index in [4.69, 9.17) is 11.6 Å².